The summed E-state index contributed by atoms with van der Waals surface area (Å²) in [5, 5.41) is 29.6. The van der Waals surface area contributed by atoms with Crippen molar-refractivity contribution in [1.29, 1.82) is 0 Å². The van der Waals surface area contributed by atoms with Crippen LogP contribution in [0.1, 0.15) is 42.4 Å². The number of rotatable bonds is 17. The molecule has 13 heteroatoms. The number of piperidine rings is 1. The summed E-state index contributed by atoms with van der Waals surface area (Å²) in [4.78, 5) is 29.6. The van der Waals surface area contributed by atoms with Gasteiger partial charge in [0.15, 0.2) is 11.6 Å². The number of carbonyl (C=O) groups is 2. The second-order valence-electron chi connectivity index (χ2n) is 11.8. The molecule has 0 aromatic heterocycles. The highest BCUT2D eigenvalue weighted by molar-refractivity contribution is 5.82. The number of aliphatic hydroxyl groups is 2. The van der Waals surface area contributed by atoms with Gasteiger partial charge in [0.25, 0.3) is 0 Å². The van der Waals surface area contributed by atoms with Gasteiger partial charge in [0.05, 0.1) is 25.7 Å². The maximum absolute atomic E-state index is 14.7. The van der Waals surface area contributed by atoms with Gasteiger partial charge in [-0.05, 0) is 73.1 Å². The average molecular weight is 651 g/mol. The summed E-state index contributed by atoms with van der Waals surface area (Å²) < 4.78 is 51.1. The minimum atomic E-state index is -1.61. The third-order valence-electron chi connectivity index (χ3n) is 8.46. The number of carboxylic acid groups (broad SMARTS) is 1. The first-order valence-corrected chi connectivity index (χ1v) is 15.5. The first-order chi connectivity index (χ1) is 22.1. The number of hydrogen-bond acceptors (Lipinski definition) is 8. The molecule has 2 amide bonds. The molecule has 1 aliphatic carbocycles. The Morgan fingerprint density at radius 3 is 2.43 bits per heavy atom. The Morgan fingerprint density at radius 1 is 1.04 bits per heavy atom. The number of benzene rings is 2. The van der Waals surface area contributed by atoms with Crippen LogP contribution in [-0.4, -0.2) is 110 Å². The van der Waals surface area contributed by atoms with Crippen LogP contribution < -0.4 is 4.74 Å². The Morgan fingerprint density at radius 2 is 1.78 bits per heavy atom. The Labute approximate surface area is 267 Å². The summed E-state index contributed by atoms with van der Waals surface area (Å²) in [5.41, 5.74) is 0.336. The molecule has 0 radical (unpaired) electrons. The summed E-state index contributed by atoms with van der Waals surface area (Å²) in [5.74, 6) is -3.20. The van der Waals surface area contributed by atoms with E-state index in [9.17, 15) is 33.7 Å². The minimum Gasteiger partial charge on any atom is -0.491 e. The van der Waals surface area contributed by atoms with E-state index in [1.165, 1.54) is 6.07 Å². The molecular weight excluding hydrogens is 606 g/mol. The number of hydrogen-bond donors (Lipinski definition) is 3. The molecule has 0 spiro atoms. The summed E-state index contributed by atoms with van der Waals surface area (Å²) in [7, 11) is 3.22. The lowest BCUT2D eigenvalue weighted by Gasteiger charge is -2.48. The first-order valence-electron chi connectivity index (χ1n) is 15.5. The molecule has 1 aliphatic heterocycles. The van der Waals surface area contributed by atoms with Crippen LogP contribution in [0.5, 0.6) is 5.75 Å². The molecule has 1 heterocycles. The fraction of sp³-hybridized carbons (Fsp3) is 0.576. The van der Waals surface area contributed by atoms with Crippen molar-refractivity contribution in [2.24, 2.45) is 5.92 Å². The van der Waals surface area contributed by atoms with Gasteiger partial charge in [-0.15, -0.1) is 0 Å². The van der Waals surface area contributed by atoms with Gasteiger partial charge in [0.1, 0.15) is 24.1 Å². The largest absolute Gasteiger partial charge is 0.491 e. The van der Waals surface area contributed by atoms with E-state index in [0.29, 0.717) is 25.6 Å². The minimum absolute atomic E-state index is 0.0531. The molecule has 2 aliphatic rings. The number of amides is 2. The molecule has 1 unspecified atom stereocenters. The van der Waals surface area contributed by atoms with Crippen molar-refractivity contribution in [1.82, 2.24) is 9.80 Å². The summed E-state index contributed by atoms with van der Waals surface area (Å²) in [6, 6.07) is 8.89. The van der Waals surface area contributed by atoms with Gasteiger partial charge in [0.2, 0.25) is 5.91 Å². The lowest BCUT2D eigenvalue weighted by atomic mass is 9.74. The van der Waals surface area contributed by atoms with Crippen LogP contribution in [0.15, 0.2) is 36.4 Å². The van der Waals surface area contributed by atoms with Gasteiger partial charge in [-0.1, -0.05) is 12.1 Å². The smallest absolute Gasteiger partial charge is 0.407 e. The summed E-state index contributed by atoms with van der Waals surface area (Å²) in [6.45, 7) is 0.141. The van der Waals surface area contributed by atoms with E-state index in [0.717, 1.165) is 53.8 Å². The number of aryl methyl sites for hydroxylation is 1. The Bertz CT molecular complexity index is 1300. The van der Waals surface area contributed by atoms with Crippen molar-refractivity contribution in [3.63, 3.8) is 0 Å². The topological polar surface area (TPSA) is 138 Å². The molecule has 3 atom stereocenters. The van der Waals surface area contributed by atoms with E-state index < -0.39 is 54.5 Å². The fourth-order valence-electron chi connectivity index (χ4n) is 5.93. The highest BCUT2D eigenvalue weighted by atomic mass is 19.2. The number of ether oxygens (including phenoxy) is 4. The van der Waals surface area contributed by atoms with Gasteiger partial charge >= 0.3 is 6.09 Å². The second-order valence-corrected chi connectivity index (χ2v) is 11.8. The maximum atomic E-state index is 14.7. The molecule has 0 bridgehead atoms. The quantitative estimate of drug-likeness (QED) is 0.220. The second kappa shape index (κ2) is 16.5. The number of aliphatic hydroxyl groups excluding tert-OH is 2. The van der Waals surface area contributed by atoms with Crippen LogP contribution in [0.2, 0.25) is 0 Å². The Balaban J connectivity index is 1.73. The molecule has 2 fully saturated rings. The van der Waals surface area contributed by atoms with Crippen molar-refractivity contribution in [3.8, 4) is 5.75 Å². The zero-order valence-corrected chi connectivity index (χ0v) is 26.3. The van der Waals surface area contributed by atoms with Crippen LogP contribution in [-0.2, 0) is 37.6 Å². The van der Waals surface area contributed by atoms with E-state index in [-0.39, 0.29) is 37.7 Å². The average Bonchev–Trinajstić information content (AvgIpc) is 3.89. The number of carbonyl (C=O) groups excluding carboxylic acids is 1. The number of methoxy groups -OCH3 is 2. The van der Waals surface area contributed by atoms with Crippen molar-refractivity contribution < 1.29 is 52.6 Å². The lowest BCUT2D eigenvalue weighted by molar-refractivity contribution is -0.174. The highest BCUT2D eigenvalue weighted by Gasteiger charge is 2.53. The van der Waals surface area contributed by atoms with E-state index in [4.69, 9.17) is 18.9 Å². The molecule has 11 nitrogen and oxygen atoms in total. The molecule has 1 saturated heterocycles. The molecule has 2 aromatic rings. The number of likely N-dealkylation sites (tertiary alicyclic amines) is 1. The van der Waals surface area contributed by atoms with E-state index in [1.807, 2.05) is 18.2 Å². The molecule has 254 valence electrons. The highest BCUT2D eigenvalue weighted by Crippen LogP contribution is 2.44. The SMILES string of the molecule is COCCCc1cc(CN(C(=O)[C@H]2CN(C(=O)O)CC[C@]2(OCC(O)CO)c2ccc(F)c(F)c2)C2CC2)cc(OCCOC)c1. The normalized spacial score (nSPS) is 20.4. The van der Waals surface area contributed by atoms with Crippen molar-refractivity contribution in [2.75, 3.05) is 60.3 Å². The maximum Gasteiger partial charge on any atom is 0.407 e. The van der Waals surface area contributed by atoms with E-state index in [1.54, 1.807) is 19.1 Å². The zero-order valence-electron chi connectivity index (χ0n) is 26.3. The first kappa shape index (κ1) is 35.5. The third kappa shape index (κ3) is 8.91. The van der Waals surface area contributed by atoms with Crippen LogP contribution in [0.4, 0.5) is 13.6 Å². The molecule has 4 rings (SSSR count). The summed E-state index contributed by atoms with van der Waals surface area (Å²) >= 11 is 0. The fourth-order valence-corrected chi connectivity index (χ4v) is 5.93. The van der Waals surface area contributed by atoms with Crippen LogP contribution in [0.25, 0.3) is 0 Å². The van der Waals surface area contributed by atoms with Crippen LogP contribution in [0.3, 0.4) is 0 Å². The van der Waals surface area contributed by atoms with E-state index >= 15 is 0 Å². The van der Waals surface area contributed by atoms with Gasteiger partial charge in [0, 0.05) is 46.5 Å². The predicted octanol–water partition coefficient (Wildman–Crippen LogP) is 3.33. The molecule has 46 heavy (non-hydrogen) atoms. The summed E-state index contributed by atoms with van der Waals surface area (Å²) in [6.07, 6.45) is 0.380. The third-order valence-corrected chi connectivity index (χ3v) is 8.46. The van der Waals surface area contributed by atoms with E-state index in [2.05, 4.69) is 0 Å². The Hall–Kier alpha value is -3.36. The monoisotopic (exact) mass is 650 g/mol. The van der Waals surface area contributed by atoms with Gasteiger partial charge in [-0.2, -0.15) is 0 Å². The van der Waals surface area contributed by atoms with Crippen LogP contribution >= 0.6 is 0 Å². The van der Waals surface area contributed by atoms with Gasteiger partial charge in [-0.3, -0.25) is 4.79 Å². The number of halogens is 2. The number of nitrogens with zero attached hydrogens (tertiary/aromatic N) is 2. The molecule has 2 aromatic carbocycles. The Kier molecular flexibility index (Phi) is 12.7. The standard InChI is InChI=1S/C33H44F2N2O9/c1-43-11-3-4-22-14-23(16-27(15-22)45-13-12-44-2)18-37(25-6-7-25)31(40)28-19-36(32(41)42)10-9-33(28,46-21-26(39)20-38)24-5-8-29(34)30(35)17-24/h5,8,14-17,25-26,28,38-39H,3-4,6-7,9-13,18-21H2,1-2H3,(H,41,42)/t26?,28-,33+/m1/s1. The van der Waals surface area contributed by atoms with Crippen LogP contribution in [0, 0.1) is 17.6 Å². The van der Waals surface area contributed by atoms with Crippen molar-refractivity contribution in [3.05, 3.63) is 64.7 Å². The van der Waals surface area contributed by atoms with Crippen molar-refractivity contribution >= 4 is 12.0 Å². The zero-order chi connectivity index (χ0) is 33.3. The molecular formula is C33H44F2N2O9. The van der Waals surface area contributed by atoms with Crippen molar-refractivity contribution in [2.45, 2.75) is 56.4 Å². The lowest BCUT2D eigenvalue weighted by Crippen LogP contribution is -2.59. The van der Waals surface area contributed by atoms with Gasteiger partial charge in [-0.25, -0.2) is 13.6 Å². The molecule has 3 N–H and O–H groups in total. The predicted molar refractivity (Wildman–Crippen MR) is 162 cm³/mol. The molecule has 1 saturated carbocycles. The van der Waals surface area contributed by atoms with Gasteiger partial charge < -0.3 is 44.1 Å².